The van der Waals surface area contributed by atoms with E-state index in [2.05, 4.69) is 183 Å². The number of benzene rings is 7. The summed E-state index contributed by atoms with van der Waals surface area (Å²) in [4.78, 5) is 2.46. The van der Waals surface area contributed by atoms with Gasteiger partial charge in [-0.15, -0.1) is 0 Å². The van der Waals surface area contributed by atoms with Crippen LogP contribution in [0.3, 0.4) is 0 Å². The first-order valence-corrected chi connectivity index (χ1v) is 15.4. The van der Waals surface area contributed by atoms with Gasteiger partial charge in [0, 0.05) is 16.8 Å². The zero-order valence-corrected chi connectivity index (χ0v) is 25.0. The van der Waals surface area contributed by atoms with Gasteiger partial charge in [0.1, 0.15) is 0 Å². The molecule has 0 saturated heterocycles. The average Bonchev–Trinajstić information content (AvgIpc) is 3.33. The molecule has 210 valence electrons. The molecule has 0 radical (unpaired) electrons. The third-order valence-corrected chi connectivity index (χ3v) is 9.23. The molecule has 44 heavy (non-hydrogen) atoms. The summed E-state index contributed by atoms with van der Waals surface area (Å²) in [5, 5.41) is 2.56. The maximum Gasteiger partial charge on any atom is 0.0515 e. The first-order valence-electron chi connectivity index (χ1n) is 15.4. The lowest BCUT2D eigenvalue weighted by Gasteiger charge is -2.33. The Morgan fingerprint density at radius 3 is 1.52 bits per heavy atom. The summed E-state index contributed by atoms with van der Waals surface area (Å²) < 4.78 is 0. The predicted molar refractivity (Wildman–Crippen MR) is 187 cm³/mol. The van der Waals surface area contributed by atoms with E-state index in [1.807, 2.05) is 0 Å². The molecule has 0 spiro atoms. The van der Waals surface area contributed by atoms with E-state index < -0.39 is 0 Å². The van der Waals surface area contributed by atoms with Gasteiger partial charge in [0.2, 0.25) is 0 Å². The molecule has 1 aliphatic carbocycles. The van der Waals surface area contributed by atoms with Gasteiger partial charge in [-0.2, -0.15) is 0 Å². The molecule has 1 nitrogen and oxygen atoms in total. The van der Waals surface area contributed by atoms with Crippen molar-refractivity contribution < 1.29 is 0 Å². The molecule has 0 amide bonds. The van der Waals surface area contributed by atoms with Gasteiger partial charge >= 0.3 is 0 Å². The maximum absolute atomic E-state index is 2.46. The summed E-state index contributed by atoms with van der Waals surface area (Å²) in [7, 11) is 0. The number of anilines is 3. The number of hydrogen-bond acceptors (Lipinski definition) is 1. The van der Waals surface area contributed by atoms with Gasteiger partial charge in [-0.05, 0) is 85.6 Å². The zero-order valence-electron chi connectivity index (χ0n) is 25.0. The number of nitrogens with zero attached hydrogens (tertiary/aromatic N) is 1. The monoisotopic (exact) mass is 563 g/mol. The van der Waals surface area contributed by atoms with Crippen molar-refractivity contribution in [3.63, 3.8) is 0 Å². The van der Waals surface area contributed by atoms with Gasteiger partial charge in [0.25, 0.3) is 0 Å². The van der Waals surface area contributed by atoms with Crippen molar-refractivity contribution in [3.05, 3.63) is 175 Å². The van der Waals surface area contributed by atoms with Crippen molar-refractivity contribution in [3.8, 4) is 33.4 Å². The Hall–Kier alpha value is -5.40. The molecule has 0 heterocycles. The molecule has 0 unspecified atom stereocenters. The third-order valence-electron chi connectivity index (χ3n) is 9.23. The highest BCUT2D eigenvalue weighted by Crippen LogP contribution is 2.56. The fraction of sp³-hybridized carbons (Fsp3) is 0.0698. The second kappa shape index (κ2) is 10.4. The highest BCUT2D eigenvalue weighted by molar-refractivity contribution is 6.07. The smallest absolute Gasteiger partial charge is 0.0515 e. The molecule has 0 atom stereocenters. The minimum Gasteiger partial charge on any atom is -0.310 e. The van der Waals surface area contributed by atoms with Gasteiger partial charge in [-0.1, -0.05) is 147 Å². The topological polar surface area (TPSA) is 3.24 Å². The van der Waals surface area contributed by atoms with Gasteiger partial charge in [-0.25, -0.2) is 0 Å². The predicted octanol–water partition coefficient (Wildman–Crippen LogP) is 11.9. The molecular weight excluding hydrogens is 530 g/mol. The second-order valence-corrected chi connectivity index (χ2v) is 12.2. The Kier molecular flexibility index (Phi) is 6.20. The van der Waals surface area contributed by atoms with Crippen LogP contribution in [-0.2, 0) is 5.41 Å². The van der Waals surface area contributed by atoms with Crippen molar-refractivity contribution >= 4 is 27.8 Å². The largest absolute Gasteiger partial charge is 0.310 e. The van der Waals surface area contributed by atoms with Crippen LogP contribution >= 0.6 is 0 Å². The van der Waals surface area contributed by atoms with E-state index in [1.54, 1.807) is 0 Å². The molecule has 0 bridgehead atoms. The van der Waals surface area contributed by atoms with Gasteiger partial charge in [-0.3, -0.25) is 0 Å². The number of fused-ring (bicyclic) bond motifs is 5. The van der Waals surface area contributed by atoms with Crippen molar-refractivity contribution in [2.45, 2.75) is 19.3 Å². The van der Waals surface area contributed by atoms with E-state index in [4.69, 9.17) is 0 Å². The van der Waals surface area contributed by atoms with E-state index in [0.717, 1.165) is 11.4 Å². The van der Waals surface area contributed by atoms with E-state index in [1.165, 1.54) is 61.0 Å². The second-order valence-electron chi connectivity index (χ2n) is 12.2. The van der Waals surface area contributed by atoms with Crippen LogP contribution in [0, 0.1) is 0 Å². The van der Waals surface area contributed by atoms with Crippen LogP contribution in [0.25, 0.3) is 44.2 Å². The molecule has 1 heteroatoms. The maximum atomic E-state index is 2.46. The summed E-state index contributed by atoms with van der Waals surface area (Å²) in [6, 6.07) is 59.5. The average molecular weight is 564 g/mol. The van der Waals surface area contributed by atoms with E-state index >= 15 is 0 Å². The van der Waals surface area contributed by atoms with Crippen molar-refractivity contribution in [1.82, 2.24) is 0 Å². The summed E-state index contributed by atoms with van der Waals surface area (Å²) in [5.41, 5.74) is 13.6. The Labute approximate surface area is 259 Å². The Morgan fingerprint density at radius 1 is 0.455 bits per heavy atom. The van der Waals surface area contributed by atoms with Gasteiger partial charge in [0.15, 0.2) is 0 Å². The molecule has 0 aliphatic heterocycles. The third kappa shape index (κ3) is 4.24. The highest BCUT2D eigenvalue weighted by atomic mass is 15.1. The van der Waals surface area contributed by atoms with Crippen LogP contribution in [0.2, 0.25) is 0 Å². The first-order chi connectivity index (χ1) is 21.6. The lowest BCUT2D eigenvalue weighted by molar-refractivity contribution is 0.661. The van der Waals surface area contributed by atoms with Crippen LogP contribution < -0.4 is 4.90 Å². The Balaban J connectivity index is 1.37. The summed E-state index contributed by atoms with van der Waals surface area (Å²) in [5.74, 6) is 0. The first kappa shape index (κ1) is 26.2. The molecule has 0 aromatic heterocycles. The SMILES string of the molecule is CC1(C)c2ccccc2-c2c1c(N(c1ccc(-c3ccccc3)cc1)c1ccc(-c3ccccc3)cc1)cc1ccccc21. The molecule has 8 rings (SSSR count). The molecule has 1 aliphatic rings. The lowest BCUT2D eigenvalue weighted by atomic mass is 9.80. The van der Waals surface area contributed by atoms with Crippen molar-refractivity contribution in [1.29, 1.82) is 0 Å². The number of rotatable bonds is 5. The van der Waals surface area contributed by atoms with Gasteiger partial charge < -0.3 is 4.90 Å². The Bertz CT molecular complexity index is 2020. The van der Waals surface area contributed by atoms with Crippen molar-refractivity contribution in [2.75, 3.05) is 4.90 Å². The quantitative estimate of drug-likeness (QED) is 0.201. The minimum absolute atomic E-state index is 0.169. The summed E-state index contributed by atoms with van der Waals surface area (Å²) in [6.07, 6.45) is 0. The van der Waals surface area contributed by atoms with E-state index in [0.29, 0.717) is 0 Å². The lowest BCUT2D eigenvalue weighted by Crippen LogP contribution is -2.20. The highest BCUT2D eigenvalue weighted by Gasteiger charge is 2.40. The van der Waals surface area contributed by atoms with Crippen LogP contribution in [-0.4, -0.2) is 0 Å². The summed E-state index contributed by atoms with van der Waals surface area (Å²) >= 11 is 0. The van der Waals surface area contributed by atoms with Crippen LogP contribution in [0.1, 0.15) is 25.0 Å². The molecule has 0 N–H and O–H groups in total. The minimum atomic E-state index is -0.169. The zero-order chi connectivity index (χ0) is 29.7. The molecule has 7 aromatic carbocycles. The van der Waals surface area contributed by atoms with E-state index in [-0.39, 0.29) is 5.41 Å². The number of hydrogen-bond donors (Lipinski definition) is 0. The fourth-order valence-corrected chi connectivity index (χ4v) is 7.10. The van der Waals surface area contributed by atoms with Crippen LogP contribution in [0.5, 0.6) is 0 Å². The normalized spacial score (nSPS) is 13.0. The molecule has 0 fully saturated rings. The standard InChI is InChI=1S/C43H33N/c1-43(2)39-20-12-11-19-38(39)41-37-18-10-9-17-34(37)29-40(42(41)43)44(35-25-21-32(22-26-35)30-13-5-3-6-14-30)36-27-23-33(24-28-36)31-15-7-4-8-16-31/h3-29H,1-2H3. The summed E-state index contributed by atoms with van der Waals surface area (Å²) in [6.45, 7) is 4.76. The fourth-order valence-electron chi connectivity index (χ4n) is 7.10. The van der Waals surface area contributed by atoms with Crippen LogP contribution in [0.4, 0.5) is 17.1 Å². The van der Waals surface area contributed by atoms with E-state index in [9.17, 15) is 0 Å². The molecule has 0 saturated carbocycles. The van der Waals surface area contributed by atoms with Crippen LogP contribution in [0.15, 0.2) is 164 Å². The van der Waals surface area contributed by atoms with Crippen molar-refractivity contribution in [2.24, 2.45) is 0 Å². The molecular formula is C43H33N. The molecule has 7 aromatic rings. The Morgan fingerprint density at radius 2 is 0.932 bits per heavy atom. The van der Waals surface area contributed by atoms with Gasteiger partial charge in [0.05, 0.1) is 5.69 Å².